The third kappa shape index (κ3) is 14.1. The van der Waals surface area contributed by atoms with Gasteiger partial charge in [-0.05, 0) is 121 Å². The van der Waals surface area contributed by atoms with Gasteiger partial charge in [0.15, 0.2) is 0 Å². The first-order valence-electron chi connectivity index (χ1n) is 14.9. The van der Waals surface area contributed by atoms with Crippen LogP contribution in [-0.2, 0) is 27.2 Å². The standard InChI is InChI=1S/C19H29NO4.C14H21NO2/c1-13(12-19(5,6)16(21)22)11-14-7-9-15(10-8-14)20-17(23)24-18(2,3)4;1-10(9-14(2,3)13(16)17)8-11-4-6-12(15)7-5-11/h7-10,13H,11-12H2,1-6H3,(H,20,23)(H,21,22);4-7,10H,8-9,15H2,1-3H3,(H,16,17)/t13-;10-/m00/s1/i9D,10D;. The van der Waals surface area contributed by atoms with Crippen LogP contribution in [0.5, 0.6) is 0 Å². The van der Waals surface area contributed by atoms with Gasteiger partial charge < -0.3 is 20.7 Å². The number of nitrogen functional groups attached to an aromatic ring is 1. The van der Waals surface area contributed by atoms with Crippen LogP contribution in [-0.4, -0.2) is 33.8 Å². The molecule has 228 valence electrons. The Bertz CT molecular complexity index is 1230. The number of amides is 1. The molecule has 8 nitrogen and oxygen atoms in total. The molecule has 0 aromatic heterocycles. The van der Waals surface area contributed by atoms with E-state index in [9.17, 15) is 19.5 Å². The number of carbonyl (C=O) groups excluding carboxylic acids is 1. The van der Waals surface area contributed by atoms with Crippen molar-refractivity contribution >= 4 is 29.4 Å². The second-order valence-corrected chi connectivity index (χ2v) is 13.3. The van der Waals surface area contributed by atoms with Crippen LogP contribution in [0.4, 0.5) is 16.2 Å². The lowest BCUT2D eigenvalue weighted by atomic mass is 9.81. The molecule has 2 atom stereocenters. The number of anilines is 2. The van der Waals surface area contributed by atoms with Crippen LogP contribution in [0, 0.1) is 22.7 Å². The Labute approximate surface area is 248 Å². The van der Waals surface area contributed by atoms with Gasteiger partial charge in [-0.3, -0.25) is 14.9 Å². The number of benzene rings is 2. The molecule has 5 N–H and O–H groups in total. The summed E-state index contributed by atoms with van der Waals surface area (Å²) in [6.45, 7) is 16.2. The average Bonchev–Trinajstić information content (AvgIpc) is 2.81. The SMILES string of the molecule is C[C@@H](Cc1ccc(N)cc1)CC(C)(C)C(=O)O.[2H]c1cc(C[C@H](C)CC(C)(C)C(=O)O)cc([2H])c1NC(=O)OC(C)(C)C. The molecule has 0 saturated heterocycles. The lowest BCUT2D eigenvalue weighted by Gasteiger charge is -2.23. The predicted octanol–water partition coefficient (Wildman–Crippen LogP) is 7.66. The van der Waals surface area contributed by atoms with E-state index in [0.29, 0.717) is 25.2 Å². The fourth-order valence-electron chi connectivity index (χ4n) is 4.53. The molecule has 0 unspecified atom stereocenters. The van der Waals surface area contributed by atoms with Gasteiger partial charge in [0.25, 0.3) is 0 Å². The minimum atomic E-state index is -0.844. The molecule has 0 spiro atoms. The molecule has 8 heteroatoms. The van der Waals surface area contributed by atoms with E-state index in [1.54, 1.807) is 60.6 Å². The fourth-order valence-corrected chi connectivity index (χ4v) is 4.53. The molecule has 0 aliphatic heterocycles. The molecule has 1 amide bonds. The van der Waals surface area contributed by atoms with Gasteiger partial charge in [-0.1, -0.05) is 38.1 Å². The Hall–Kier alpha value is -3.55. The highest BCUT2D eigenvalue weighted by Crippen LogP contribution is 2.29. The maximum absolute atomic E-state index is 11.9. The highest BCUT2D eigenvalue weighted by Gasteiger charge is 2.30. The summed E-state index contributed by atoms with van der Waals surface area (Å²) in [5.41, 5.74) is 6.29. The van der Waals surface area contributed by atoms with Crippen LogP contribution < -0.4 is 11.1 Å². The van der Waals surface area contributed by atoms with Gasteiger partial charge in [-0.25, -0.2) is 4.79 Å². The monoisotopic (exact) mass is 572 g/mol. The fraction of sp³-hybridized carbons (Fsp3) is 0.545. The minimum absolute atomic E-state index is 0.0306. The second-order valence-electron chi connectivity index (χ2n) is 13.3. The van der Waals surface area contributed by atoms with Gasteiger partial charge in [0.1, 0.15) is 5.60 Å². The first-order valence-corrected chi connectivity index (χ1v) is 13.9. The summed E-state index contributed by atoms with van der Waals surface area (Å²) in [5.74, 6) is -1.17. The van der Waals surface area contributed by atoms with Crippen molar-refractivity contribution in [2.75, 3.05) is 11.1 Å². The summed E-state index contributed by atoms with van der Waals surface area (Å²) < 4.78 is 21.3. The number of carboxylic acid groups (broad SMARTS) is 2. The van der Waals surface area contributed by atoms with Gasteiger partial charge in [0.05, 0.1) is 13.6 Å². The van der Waals surface area contributed by atoms with Crippen molar-refractivity contribution in [3.05, 3.63) is 59.6 Å². The molecular formula is C33H50N2O6. The number of carbonyl (C=O) groups is 3. The van der Waals surface area contributed by atoms with Gasteiger partial charge >= 0.3 is 18.0 Å². The Morgan fingerprint density at radius 2 is 1.20 bits per heavy atom. The Kier molecular flexibility index (Phi) is 11.6. The van der Waals surface area contributed by atoms with E-state index < -0.39 is 34.5 Å². The predicted molar refractivity (Wildman–Crippen MR) is 165 cm³/mol. The number of hydrogen-bond acceptors (Lipinski definition) is 5. The van der Waals surface area contributed by atoms with Gasteiger partial charge in [-0.15, -0.1) is 0 Å². The topological polar surface area (TPSA) is 139 Å². The van der Waals surface area contributed by atoms with Crippen LogP contribution in [0.25, 0.3) is 0 Å². The van der Waals surface area contributed by atoms with Crippen LogP contribution in [0.1, 0.15) is 89.0 Å². The highest BCUT2D eigenvalue weighted by atomic mass is 16.6. The number of hydrogen-bond donors (Lipinski definition) is 4. The lowest BCUT2D eigenvalue weighted by molar-refractivity contribution is -0.148. The van der Waals surface area contributed by atoms with Crippen molar-refractivity contribution in [3.63, 3.8) is 0 Å². The first kappa shape index (κ1) is 32.0. The van der Waals surface area contributed by atoms with E-state index >= 15 is 0 Å². The van der Waals surface area contributed by atoms with Crippen molar-refractivity contribution in [2.24, 2.45) is 22.7 Å². The van der Waals surface area contributed by atoms with E-state index in [-0.39, 0.29) is 23.7 Å². The second kappa shape index (κ2) is 14.9. The summed E-state index contributed by atoms with van der Waals surface area (Å²) in [6, 6.07) is 11.0. The van der Waals surface area contributed by atoms with Crippen molar-refractivity contribution in [2.45, 2.75) is 93.6 Å². The van der Waals surface area contributed by atoms with Gasteiger partial charge in [0.2, 0.25) is 0 Å². The maximum atomic E-state index is 11.9. The van der Waals surface area contributed by atoms with Crippen LogP contribution in [0.15, 0.2) is 48.5 Å². The Balaban J connectivity index is 0.000000469. The third-order valence-corrected chi connectivity index (χ3v) is 6.45. The summed E-state index contributed by atoms with van der Waals surface area (Å²) >= 11 is 0. The smallest absolute Gasteiger partial charge is 0.412 e. The number of nitrogens with two attached hydrogens (primary N) is 1. The first-order chi connectivity index (χ1) is 19.5. The zero-order chi connectivity index (χ0) is 33.3. The third-order valence-electron chi connectivity index (χ3n) is 6.45. The van der Waals surface area contributed by atoms with Crippen LogP contribution >= 0.6 is 0 Å². The minimum Gasteiger partial charge on any atom is -0.481 e. The van der Waals surface area contributed by atoms with Crippen molar-refractivity contribution in [3.8, 4) is 0 Å². The van der Waals surface area contributed by atoms with Crippen LogP contribution in [0.3, 0.4) is 0 Å². The molecular weight excluding hydrogens is 520 g/mol. The summed E-state index contributed by atoms with van der Waals surface area (Å²) in [4.78, 5) is 34.1. The maximum Gasteiger partial charge on any atom is 0.412 e. The van der Waals surface area contributed by atoms with Gasteiger partial charge in [-0.2, -0.15) is 0 Å². The largest absolute Gasteiger partial charge is 0.481 e. The van der Waals surface area contributed by atoms with Crippen molar-refractivity contribution < 1.29 is 32.1 Å². The number of nitrogens with one attached hydrogen (secondary N) is 1. The molecule has 0 saturated carbocycles. The quantitative estimate of drug-likeness (QED) is 0.203. The average molecular weight is 573 g/mol. The summed E-state index contributed by atoms with van der Waals surface area (Å²) in [5, 5.41) is 20.8. The molecule has 0 fully saturated rings. The molecule has 41 heavy (non-hydrogen) atoms. The van der Waals surface area contributed by atoms with E-state index in [2.05, 4.69) is 12.2 Å². The van der Waals surface area contributed by atoms with Crippen molar-refractivity contribution in [1.82, 2.24) is 0 Å². The van der Waals surface area contributed by atoms with Gasteiger partial charge in [0, 0.05) is 11.4 Å². The molecule has 0 heterocycles. The zero-order valence-electron chi connectivity index (χ0n) is 28.1. The molecule has 2 aromatic carbocycles. The molecule has 2 rings (SSSR count). The normalized spacial score (nSPS) is 14.0. The Morgan fingerprint density at radius 1 is 0.805 bits per heavy atom. The molecule has 0 aliphatic rings. The number of aliphatic carboxylic acids is 2. The van der Waals surface area contributed by atoms with Crippen LogP contribution in [0.2, 0.25) is 0 Å². The molecule has 0 aliphatic carbocycles. The van der Waals surface area contributed by atoms with E-state index in [4.69, 9.17) is 18.3 Å². The van der Waals surface area contributed by atoms with E-state index in [1.807, 2.05) is 31.2 Å². The Morgan fingerprint density at radius 3 is 1.56 bits per heavy atom. The van der Waals surface area contributed by atoms with E-state index in [1.165, 1.54) is 5.56 Å². The highest BCUT2D eigenvalue weighted by molar-refractivity contribution is 5.84. The summed E-state index contributed by atoms with van der Waals surface area (Å²) in [7, 11) is 0. The number of carboxylic acids is 2. The van der Waals surface area contributed by atoms with Crippen molar-refractivity contribution in [1.29, 1.82) is 0 Å². The molecule has 2 aromatic rings. The van der Waals surface area contributed by atoms with E-state index in [0.717, 1.165) is 17.7 Å². The molecule has 0 radical (unpaired) electrons. The summed E-state index contributed by atoms with van der Waals surface area (Å²) in [6.07, 6.45) is 1.90. The lowest BCUT2D eigenvalue weighted by Crippen LogP contribution is -2.27. The number of ether oxygens (including phenoxy) is 1. The zero-order valence-corrected chi connectivity index (χ0v) is 26.1. The number of rotatable bonds is 11. The molecule has 0 bridgehead atoms.